The second kappa shape index (κ2) is 7.77. The highest BCUT2D eigenvalue weighted by molar-refractivity contribution is 7.89. The number of nitro benzene ring substituents is 1. The number of hydrogen-bond acceptors (Lipinski definition) is 5. The Kier molecular flexibility index (Phi) is 5.46. The normalized spacial score (nSPS) is 17.5. The van der Waals surface area contributed by atoms with E-state index in [1.165, 1.54) is 28.6 Å². The first-order chi connectivity index (χ1) is 12.5. The minimum absolute atomic E-state index is 0.160. The van der Waals surface area contributed by atoms with Crippen molar-refractivity contribution in [3.63, 3.8) is 0 Å². The van der Waals surface area contributed by atoms with Crippen molar-refractivity contribution < 1.29 is 18.1 Å². The molecule has 0 amide bonds. The van der Waals surface area contributed by atoms with Gasteiger partial charge < -0.3 is 4.74 Å². The van der Waals surface area contributed by atoms with Crippen LogP contribution in [0.2, 0.25) is 0 Å². The monoisotopic (exact) mass is 374 g/mol. The number of ether oxygens (including phenoxy) is 1. The van der Waals surface area contributed by atoms with Gasteiger partial charge in [0.25, 0.3) is 15.7 Å². The standard InChI is InChI=1S/C18H18N2O5S/c21-20(22)17-10-4-5-11-18(17)26(23,24)19-12-6-9-16(19)14-25-13-15-7-2-1-3-8-15/h1-11,16H,12-14H2/t16-/m0/s1. The van der Waals surface area contributed by atoms with Crippen molar-refractivity contribution in [1.29, 1.82) is 0 Å². The Morgan fingerprint density at radius 2 is 1.81 bits per heavy atom. The number of hydrogen-bond donors (Lipinski definition) is 0. The first kappa shape index (κ1) is 18.2. The molecule has 0 unspecified atom stereocenters. The van der Waals surface area contributed by atoms with Crippen molar-refractivity contribution in [2.75, 3.05) is 13.2 Å². The molecule has 2 aromatic rings. The maximum absolute atomic E-state index is 12.9. The van der Waals surface area contributed by atoms with Crippen molar-refractivity contribution in [1.82, 2.24) is 4.31 Å². The number of para-hydroxylation sites is 1. The highest BCUT2D eigenvalue weighted by atomic mass is 32.2. The minimum atomic E-state index is -4.01. The molecular weight excluding hydrogens is 356 g/mol. The first-order valence-electron chi connectivity index (χ1n) is 8.04. The highest BCUT2D eigenvalue weighted by Crippen LogP contribution is 2.29. The molecule has 26 heavy (non-hydrogen) atoms. The van der Waals surface area contributed by atoms with E-state index in [4.69, 9.17) is 4.74 Å². The fourth-order valence-electron chi connectivity index (χ4n) is 2.79. The van der Waals surface area contributed by atoms with Gasteiger partial charge >= 0.3 is 0 Å². The molecule has 0 saturated carbocycles. The fourth-order valence-corrected chi connectivity index (χ4v) is 4.47. The Hall–Kier alpha value is -2.55. The van der Waals surface area contributed by atoms with E-state index in [-0.39, 0.29) is 18.0 Å². The summed E-state index contributed by atoms with van der Waals surface area (Å²) < 4.78 is 32.7. The van der Waals surface area contributed by atoms with Crippen molar-refractivity contribution in [3.8, 4) is 0 Å². The Morgan fingerprint density at radius 1 is 1.12 bits per heavy atom. The van der Waals surface area contributed by atoms with Crippen LogP contribution >= 0.6 is 0 Å². The summed E-state index contributed by atoms with van der Waals surface area (Å²) in [5, 5.41) is 11.2. The summed E-state index contributed by atoms with van der Waals surface area (Å²) in [5.41, 5.74) is 0.561. The maximum atomic E-state index is 12.9. The van der Waals surface area contributed by atoms with E-state index >= 15 is 0 Å². The molecule has 0 bridgehead atoms. The third-order valence-corrected chi connectivity index (χ3v) is 6.00. The van der Waals surface area contributed by atoms with Crippen LogP contribution in [0.1, 0.15) is 5.56 Å². The molecule has 2 aromatic carbocycles. The molecule has 0 aromatic heterocycles. The molecule has 0 fully saturated rings. The van der Waals surface area contributed by atoms with E-state index in [2.05, 4.69) is 0 Å². The van der Waals surface area contributed by atoms with Gasteiger partial charge in [-0.05, 0) is 11.6 Å². The molecule has 0 spiro atoms. The van der Waals surface area contributed by atoms with Crippen LogP contribution < -0.4 is 0 Å². The zero-order chi connectivity index (χ0) is 18.6. The second-order valence-corrected chi connectivity index (χ2v) is 7.65. The largest absolute Gasteiger partial charge is 0.375 e. The molecule has 0 aliphatic carbocycles. The molecule has 0 saturated heterocycles. The van der Waals surface area contributed by atoms with Crippen LogP contribution in [0.5, 0.6) is 0 Å². The molecule has 8 heteroatoms. The van der Waals surface area contributed by atoms with Crippen molar-refractivity contribution in [2.45, 2.75) is 17.5 Å². The summed E-state index contributed by atoms with van der Waals surface area (Å²) >= 11 is 0. The van der Waals surface area contributed by atoms with Crippen LogP contribution in [0.3, 0.4) is 0 Å². The average Bonchev–Trinajstić information content (AvgIpc) is 3.12. The molecule has 3 rings (SSSR count). The Morgan fingerprint density at radius 3 is 2.54 bits per heavy atom. The molecule has 1 aliphatic rings. The van der Waals surface area contributed by atoms with Gasteiger partial charge in [-0.1, -0.05) is 54.6 Å². The number of sulfonamides is 1. The van der Waals surface area contributed by atoms with E-state index in [9.17, 15) is 18.5 Å². The lowest BCUT2D eigenvalue weighted by molar-refractivity contribution is -0.387. The molecular formula is C18H18N2O5S. The molecule has 7 nitrogen and oxygen atoms in total. The molecule has 136 valence electrons. The Bertz CT molecular complexity index is 912. The zero-order valence-corrected chi connectivity index (χ0v) is 14.7. The quantitative estimate of drug-likeness (QED) is 0.422. The molecule has 1 heterocycles. The van der Waals surface area contributed by atoms with Gasteiger partial charge in [0.15, 0.2) is 4.90 Å². The summed E-state index contributed by atoms with van der Waals surface area (Å²) in [4.78, 5) is 10.2. The van der Waals surface area contributed by atoms with Crippen molar-refractivity contribution in [2.24, 2.45) is 0 Å². The number of nitro groups is 1. The van der Waals surface area contributed by atoms with Gasteiger partial charge in [-0.3, -0.25) is 10.1 Å². The summed E-state index contributed by atoms with van der Waals surface area (Å²) in [7, 11) is -4.01. The predicted molar refractivity (Wildman–Crippen MR) is 96.0 cm³/mol. The van der Waals surface area contributed by atoms with Gasteiger partial charge in [-0.25, -0.2) is 8.42 Å². The van der Waals surface area contributed by atoms with Crippen LogP contribution in [0.4, 0.5) is 5.69 Å². The smallest absolute Gasteiger partial charge is 0.289 e. The van der Waals surface area contributed by atoms with E-state index < -0.39 is 26.7 Å². The van der Waals surface area contributed by atoms with Gasteiger partial charge in [0.2, 0.25) is 0 Å². The first-order valence-corrected chi connectivity index (χ1v) is 9.48. The number of rotatable bonds is 7. The molecule has 1 atom stereocenters. The maximum Gasteiger partial charge on any atom is 0.289 e. The van der Waals surface area contributed by atoms with Crippen molar-refractivity contribution in [3.05, 3.63) is 82.4 Å². The lowest BCUT2D eigenvalue weighted by atomic mass is 10.2. The summed E-state index contributed by atoms with van der Waals surface area (Å²) in [6, 6.07) is 14.4. The van der Waals surface area contributed by atoms with Gasteiger partial charge in [-0.15, -0.1) is 0 Å². The third-order valence-electron chi connectivity index (χ3n) is 4.06. The topological polar surface area (TPSA) is 89.8 Å². The summed E-state index contributed by atoms with van der Waals surface area (Å²) in [6.45, 7) is 0.698. The molecule has 0 N–H and O–H groups in total. The number of nitrogens with zero attached hydrogens (tertiary/aromatic N) is 2. The highest BCUT2D eigenvalue weighted by Gasteiger charge is 2.36. The van der Waals surface area contributed by atoms with Crippen LogP contribution in [0, 0.1) is 10.1 Å². The minimum Gasteiger partial charge on any atom is -0.375 e. The lowest BCUT2D eigenvalue weighted by Crippen LogP contribution is -2.39. The predicted octanol–water partition coefficient (Wildman–Crippen LogP) is 2.74. The molecule has 0 radical (unpaired) electrons. The van der Waals surface area contributed by atoms with Gasteiger partial charge in [-0.2, -0.15) is 4.31 Å². The van der Waals surface area contributed by atoms with E-state index in [0.29, 0.717) is 6.61 Å². The summed E-state index contributed by atoms with van der Waals surface area (Å²) in [6.07, 6.45) is 3.47. The van der Waals surface area contributed by atoms with Crippen LogP contribution in [0.25, 0.3) is 0 Å². The van der Waals surface area contributed by atoms with Gasteiger partial charge in [0.1, 0.15) is 0 Å². The Labute approximate surface area is 151 Å². The molecule has 1 aliphatic heterocycles. The second-order valence-electron chi connectivity index (χ2n) is 5.80. The zero-order valence-electron chi connectivity index (χ0n) is 13.9. The number of benzene rings is 2. The third kappa shape index (κ3) is 3.82. The average molecular weight is 374 g/mol. The summed E-state index contributed by atoms with van der Waals surface area (Å²) in [5.74, 6) is 0. The van der Waals surface area contributed by atoms with Crippen LogP contribution in [-0.2, 0) is 21.4 Å². The van der Waals surface area contributed by atoms with E-state index in [1.807, 2.05) is 30.3 Å². The SMILES string of the molecule is O=[N+]([O-])c1ccccc1S(=O)(=O)N1CC=C[C@H]1COCc1ccccc1. The Balaban J connectivity index is 1.74. The fraction of sp³-hybridized carbons (Fsp3) is 0.222. The van der Waals surface area contributed by atoms with E-state index in [1.54, 1.807) is 12.2 Å². The van der Waals surface area contributed by atoms with Gasteiger partial charge in [0.05, 0.1) is 24.2 Å². The van der Waals surface area contributed by atoms with E-state index in [0.717, 1.165) is 5.56 Å². The lowest BCUT2D eigenvalue weighted by Gasteiger charge is -2.23. The van der Waals surface area contributed by atoms with Gasteiger partial charge in [0, 0.05) is 12.6 Å². The van der Waals surface area contributed by atoms with Crippen molar-refractivity contribution >= 4 is 15.7 Å². The van der Waals surface area contributed by atoms with Crippen LogP contribution in [0.15, 0.2) is 71.6 Å². The van der Waals surface area contributed by atoms with Crippen LogP contribution in [-0.4, -0.2) is 36.8 Å².